The van der Waals surface area contributed by atoms with Crippen molar-refractivity contribution in [2.75, 3.05) is 13.1 Å². The van der Waals surface area contributed by atoms with Gasteiger partial charge in [-0.05, 0) is 12.8 Å². The summed E-state index contributed by atoms with van der Waals surface area (Å²) < 4.78 is 0. The highest BCUT2D eigenvalue weighted by atomic mass is 32.1. The molecule has 1 aliphatic heterocycles. The zero-order valence-corrected chi connectivity index (χ0v) is 12.1. The minimum atomic E-state index is -1.09. The zero-order valence-electron chi connectivity index (χ0n) is 11.2. The molecule has 1 aromatic rings. The molecule has 114 valence electrons. The summed E-state index contributed by atoms with van der Waals surface area (Å²) in [6.45, 7) is 1.06. The number of primary amides is 1. The smallest absolute Gasteiger partial charge is 0.355 e. The molecule has 1 aromatic heterocycles. The lowest BCUT2D eigenvalue weighted by atomic mass is 9.98. The van der Waals surface area contributed by atoms with Gasteiger partial charge in [0.25, 0.3) is 0 Å². The minimum absolute atomic E-state index is 0.0315. The molecular weight excluding hydrogens is 296 g/mol. The lowest BCUT2D eigenvalue weighted by Crippen LogP contribution is -2.47. The summed E-state index contributed by atoms with van der Waals surface area (Å²) in [6, 6.07) is -0.298. The van der Waals surface area contributed by atoms with E-state index in [-0.39, 0.29) is 24.2 Å². The summed E-state index contributed by atoms with van der Waals surface area (Å²) in [5.41, 5.74) is 5.23. The van der Waals surface area contributed by atoms with Crippen molar-refractivity contribution in [2.24, 2.45) is 11.7 Å². The highest BCUT2D eigenvalue weighted by molar-refractivity contribution is 7.09. The molecule has 1 unspecified atom stereocenters. The number of nitrogens with two attached hydrogens (primary N) is 1. The van der Waals surface area contributed by atoms with Gasteiger partial charge >= 0.3 is 12.0 Å². The lowest BCUT2D eigenvalue weighted by Gasteiger charge is -2.31. The summed E-state index contributed by atoms with van der Waals surface area (Å²) in [5, 5.41) is 13.4. The Hall–Kier alpha value is -2.16. The SMILES string of the molecule is NC(=O)C1CCCN(C(=O)NCc2nc(C(=O)O)cs2)C1. The number of rotatable bonds is 4. The molecule has 0 spiro atoms. The third-order valence-electron chi connectivity index (χ3n) is 3.27. The van der Waals surface area contributed by atoms with Crippen LogP contribution < -0.4 is 11.1 Å². The van der Waals surface area contributed by atoms with Gasteiger partial charge in [0, 0.05) is 18.5 Å². The van der Waals surface area contributed by atoms with Crippen LogP contribution in [0.5, 0.6) is 0 Å². The number of nitrogens with one attached hydrogen (secondary N) is 1. The maximum absolute atomic E-state index is 12.0. The van der Waals surface area contributed by atoms with E-state index in [4.69, 9.17) is 10.8 Å². The van der Waals surface area contributed by atoms with Crippen LogP contribution >= 0.6 is 11.3 Å². The highest BCUT2D eigenvalue weighted by Gasteiger charge is 2.26. The van der Waals surface area contributed by atoms with Crippen molar-refractivity contribution in [3.63, 3.8) is 0 Å². The molecule has 0 aromatic carbocycles. The van der Waals surface area contributed by atoms with Crippen LogP contribution in [0.2, 0.25) is 0 Å². The third kappa shape index (κ3) is 3.91. The number of aromatic carboxylic acids is 1. The number of amides is 3. The maximum atomic E-state index is 12.0. The number of carbonyl (C=O) groups excluding carboxylic acids is 2. The molecule has 1 aliphatic rings. The van der Waals surface area contributed by atoms with Gasteiger partial charge in [0.15, 0.2) is 5.69 Å². The largest absolute Gasteiger partial charge is 0.476 e. The molecule has 0 radical (unpaired) electrons. The number of carboxylic acid groups (broad SMARTS) is 1. The first-order valence-corrected chi connectivity index (χ1v) is 7.35. The van der Waals surface area contributed by atoms with E-state index in [1.165, 1.54) is 16.7 Å². The highest BCUT2D eigenvalue weighted by Crippen LogP contribution is 2.16. The first kappa shape index (κ1) is 15.2. The number of aromatic nitrogens is 1. The Morgan fingerprint density at radius 1 is 1.52 bits per heavy atom. The first-order chi connectivity index (χ1) is 9.97. The van der Waals surface area contributed by atoms with Crippen molar-refractivity contribution < 1.29 is 19.5 Å². The van der Waals surface area contributed by atoms with Crippen LogP contribution in [0, 0.1) is 5.92 Å². The predicted molar refractivity (Wildman–Crippen MR) is 74.8 cm³/mol. The molecular formula is C12H16N4O4S. The molecule has 4 N–H and O–H groups in total. The Morgan fingerprint density at radius 3 is 2.90 bits per heavy atom. The molecule has 2 heterocycles. The van der Waals surface area contributed by atoms with Gasteiger partial charge in [0.1, 0.15) is 5.01 Å². The van der Waals surface area contributed by atoms with Crippen LogP contribution in [0.1, 0.15) is 28.3 Å². The summed E-state index contributed by atoms with van der Waals surface area (Å²) in [6.07, 6.45) is 1.44. The van der Waals surface area contributed by atoms with Crippen molar-refractivity contribution in [2.45, 2.75) is 19.4 Å². The van der Waals surface area contributed by atoms with Gasteiger partial charge in [0.05, 0.1) is 12.5 Å². The molecule has 1 fully saturated rings. The summed E-state index contributed by atoms with van der Waals surface area (Å²) in [7, 11) is 0. The van der Waals surface area contributed by atoms with Gasteiger partial charge in [-0.3, -0.25) is 4.79 Å². The monoisotopic (exact) mass is 312 g/mol. The number of urea groups is 1. The molecule has 0 saturated carbocycles. The zero-order chi connectivity index (χ0) is 15.4. The Balaban J connectivity index is 1.86. The van der Waals surface area contributed by atoms with E-state index in [9.17, 15) is 14.4 Å². The molecule has 1 atom stereocenters. The summed E-state index contributed by atoms with van der Waals surface area (Å²) in [5.74, 6) is -1.79. The second-order valence-electron chi connectivity index (χ2n) is 4.78. The Morgan fingerprint density at radius 2 is 2.29 bits per heavy atom. The normalized spacial score (nSPS) is 18.3. The number of hydrogen-bond donors (Lipinski definition) is 3. The second kappa shape index (κ2) is 6.53. The molecule has 0 bridgehead atoms. The van der Waals surface area contributed by atoms with Crippen LogP contribution in [0.15, 0.2) is 5.38 Å². The van der Waals surface area contributed by atoms with E-state index in [1.54, 1.807) is 4.90 Å². The van der Waals surface area contributed by atoms with Crippen molar-refractivity contribution in [3.05, 3.63) is 16.1 Å². The second-order valence-corrected chi connectivity index (χ2v) is 5.72. The van der Waals surface area contributed by atoms with Gasteiger partial charge in [0.2, 0.25) is 5.91 Å². The van der Waals surface area contributed by atoms with Crippen molar-refractivity contribution in [1.29, 1.82) is 0 Å². The van der Waals surface area contributed by atoms with E-state index < -0.39 is 11.9 Å². The molecule has 0 aliphatic carbocycles. The number of thiazole rings is 1. The molecule has 3 amide bonds. The number of piperidine rings is 1. The molecule has 1 saturated heterocycles. The average molecular weight is 312 g/mol. The van der Waals surface area contributed by atoms with Crippen molar-refractivity contribution >= 4 is 29.2 Å². The molecule has 21 heavy (non-hydrogen) atoms. The Labute approximate surface area is 124 Å². The van der Waals surface area contributed by atoms with Crippen LogP contribution in [-0.2, 0) is 11.3 Å². The van der Waals surface area contributed by atoms with E-state index in [0.29, 0.717) is 24.5 Å². The van der Waals surface area contributed by atoms with Gasteiger partial charge in [-0.1, -0.05) is 0 Å². The summed E-state index contributed by atoms with van der Waals surface area (Å²) in [4.78, 5) is 39.3. The van der Waals surface area contributed by atoms with Gasteiger partial charge in [-0.15, -0.1) is 11.3 Å². The fraction of sp³-hybridized carbons (Fsp3) is 0.500. The number of carbonyl (C=O) groups is 3. The van der Waals surface area contributed by atoms with Crippen LogP contribution in [0.3, 0.4) is 0 Å². The van der Waals surface area contributed by atoms with Crippen molar-refractivity contribution in [3.8, 4) is 0 Å². The number of nitrogens with zero attached hydrogens (tertiary/aromatic N) is 2. The molecule has 2 rings (SSSR count). The Kier molecular flexibility index (Phi) is 4.73. The van der Waals surface area contributed by atoms with Gasteiger partial charge < -0.3 is 21.1 Å². The number of carboxylic acids is 1. The third-order valence-corrected chi connectivity index (χ3v) is 4.12. The van der Waals surface area contributed by atoms with E-state index >= 15 is 0 Å². The van der Waals surface area contributed by atoms with Crippen LogP contribution in [0.25, 0.3) is 0 Å². The summed E-state index contributed by atoms with van der Waals surface area (Å²) >= 11 is 1.17. The van der Waals surface area contributed by atoms with Gasteiger partial charge in [-0.25, -0.2) is 14.6 Å². The van der Waals surface area contributed by atoms with Crippen molar-refractivity contribution in [1.82, 2.24) is 15.2 Å². The van der Waals surface area contributed by atoms with E-state index in [1.807, 2.05) is 0 Å². The number of hydrogen-bond acceptors (Lipinski definition) is 5. The van der Waals surface area contributed by atoms with Crippen LogP contribution in [0.4, 0.5) is 4.79 Å². The van der Waals surface area contributed by atoms with Gasteiger partial charge in [-0.2, -0.15) is 0 Å². The standard InChI is InChI=1S/C12H16N4O4S/c13-10(17)7-2-1-3-16(5-7)12(20)14-4-9-15-8(6-21-9)11(18)19/h6-7H,1-5H2,(H2,13,17)(H,14,20)(H,18,19). The number of likely N-dealkylation sites (tertiary alicyclic amines) is 1. The molecule has 8 nitrogen and oxygen atoms in total. The fourth-order valence-electron chi connectivity index (χ4n) is 2.15. The van der Waals surface area contributed by atoms with E-state index in [2.05, 4.69) is 10.3 Å². The van der Waals surface area contributed by atoms with Crippen LogP contribution in [-0.4, -0.2) is 46.0 Å². The maximum Gasteiger partial charge on any atom is 0.355 e. The Bertz CT molecular complexity index is 559. The lowest BCUT2D eigenvalue weighted by molar-refractivity contribution is -0.123. The van der Waals surface area contributed by atoms with E-state index in [0.717, 1.165) is 6.42 Å². The fourth-order valence-corrected chi connectivity index (χ4v) is 2.85. The topological polar surface area (TPSA) is 126 Å². The molecule has 9 heteroatoms. The predicted octanol–water partition coefficient (Wildman–Crippen LogP) is 0.248. The average Bonchev–Trinajstić information content (AvgIpc) is 2.94. The quantitative estimate of drug-likeness (QED) is 0.734. The first-order valence-electron chi connectivity index (χ1n) is 6.47. The minimum Gasteiger partial charge on any atom is -0.476 e.